The Labute approximate surface area is 205 Å². The van der Waals surface area contributed by atoms with Gasteiger partial charge >= 0.3 is 18.3 Å². The normalized spacial score (nSPS) is 14.1. The summed E-state index contributed by atoms with van der Waals surface area (Å²) in [5.41, 5.74) is -5.47. The van der Waals surface area contributed by atoms with Crippen molar-refractivity contribution >= 4 is 27.3 Å². The standard InChI is InChI=1S/C21H21F8NO4S2/c22-13-6-9-15(10-7-13)36(33,34)30-16(17-11-8-14(35-17)3-1-5-18(31)32)4-2-12-19(23,20(24,25)26)21(27,28)29/h6-11,16,30H,1-5,12H2,(H,31,32). The average molecular weight is 568 g/mol. The van der Waals surface area contributed by atoms with Crippen molar-refractivity contribution in [2.24, 2.45) is 0 Å². The predicted molar refractivity (Wildman–Crippen MR) is 114 cm³/mol. The van der Waals surface area contributed by atoms with Crippen molar-refractivity contribution < 1.29 is 53.4 Å². The van der Waals surface area contributed by atoms with E-state index < -0.39 is 70.0 Å². The van der Waals surface area contributed by atoms with Gasteiger partial charge in [-0.25, -0.2) is 21.9 Å². The number of carbonyl (C=O) groups is 1. The lowest BCUT2D eigenvalue weighted by molar-refractivity contribution is -0.343. The van der Waals surface area contributed by atoms with Crippen LogP contribution in [-0.4, -0.2) is 37.5 Å². The lowest BCUT2D eigenvalue weighted by Gasteiger charge is -2.30. The molecule has 2 N–H and O–H groups in total. The van der Waals surface area contributed by atoms with E-state index in [9.17, 15) is 48.3 Å². The molecule has 202 valence electrons. The lowest BCUT2D eigenvalue weighted by Crippen LogP contribution is -2.53. The molecule has 0 amide bonds. The van der Waals surface area contributed by atoms with E-state index in [-0.39, 0.29) is 24.1 Å². The molecule has 0 aliphatic rings. The van der Waals surface area contributed by atoms with Gasteiger partial charge in [0, 0.05) is 16.2 Å². The molecule has 0 saturated heterocycles. The molecule has 0 aliphatic heterocycles. The van der Waals surface area contributed by atoms with E-state index in [4.69, 9.17) is 5.11 Å². The molecular formula is C21H21F8NO4S2. The highest BCUT2D eigenvalue weighted by molar-refractivity contribution is 7.89. The fraction of sp³-hybridized carbons (Fsp3) is 0.476. The van der Waals surface area contributed by atoms with Gasteiger partial charge in [0.25, 0.3) is 5.67 Å². The van der Waals surface area contributed by atoms with Crippen LogP contribution in [0.2, 0.25) is 0 Å². The van der Waals surface area contributed by atoms with Gasteiger partial charge in [0.05, 0.1) is 10.9 Å². The molecule has 0 bridgehead atoms. The molecular weight excluding hydrogens is 546 g/mol. The summed E-state index contributed by atoms with van der Waals surface area (Å²) in [7, 11) is -4.39. The van der Waals surface area contributed by atoms with Crippen molar-refractivity contribution in [2.75, 3.05) is 0 Å². The zero-order valence-electron chi connectivity index (χ0n) is 18.3. The number of carboxylic acids is 1. The van der Waals surface area contributed by atoms with Gasteiger partial charge in [0.15, 0.2) is 0 Å². The van der Waals surface area contributed by atoms with Crippen LogP contribution >= 0.6 is 11.3 Å². The smallest absolute Gasteiger partial charge is 0.431 e. The lowest BCUT2D eigenvalue weighted by atomic mass is 9.95. The Balaban J connectivity index is 2.28. The molecule has 1 heterocycles. The fourth-order valence-electron chi connectivity index (χ4n) is 3.25. The van der Waals surface area contributed by atoms with Gasteiger partial charge in [-0.2, -0.15) is 26.3 Å². The van der Waals surface area contributed by atoms with Gasteiger partial charge in [-0.3, -0.25) is 4.79 Å². The summed E-state index contributed by atoms with van der Waals surface area (Å²) >= 11 is 0.982. The second-order valence-corrected chi connectivity index (χ2v) is 10.8. The number of hydrogen-bond donors (Lipinski definition) is 2. The van der Waals surface area contributed by atoms with Crippen LogP contribution in [-0.2, 0) is 21.2 Å². The minimum absolute atomic E-state index is 0.151. The van der Waals surface area contributed by atoms with Crippen LogP contribution in [0.5, 0.6) is 0 Å². The Hall–Kier alpha value is -2.26. The SMILES string of the molecule is O=C(O)CCCc1ccc(C(CCCC(F)(C(F)(F)F)C(F)(F)F)NS(=O)(=O)c2ccc(F)cc2)s1. The van der Waals surface area contributed by atoms with Gasteiger partial charge in [-0.1, -0.05) is 0 Å². The third kappa shape index (κ3) is 7.62. The molecule has 0 saturated carbocycles. The second-order valence-electron chi connectivity index (χ2n) is 7.87. The molecule has 1 atom stereocenters. The Bertz CT molecular complexity index is 1110. The van der Waals surface area contributed by atoms with E-state index in [1.807, 2.05) is 0 Å². The summed E-state index contributed by atoms with van der Waals surface area (Å²) in [5, 5.41) is 8.73. The van der Waals surface area contributed by atoms with Crippen molar-refractivity contribution in [3.8, 4) is 0 Å². The number of sulfonamides is 1. The molecule has 15 heteroatoms. The molecule has 1 aromatic heterocycles. The van der Waals surface area contributed by atoms with Gasteiger partial charge < -0.3 is 5.11 Å². The van der Waals surface area contributed by atoms with Crippen molar-refractivity contribution in [3.05, 3.63) is 52.0 Å². The number of aliphatic carboxylic acids is 1. The van der Waals surface area contributed by atoms with E-state index in [1.54, 1.807) is 0 Å². The fourth-order valence-corrected chi connectivity index (χ4v) is 5.72. The van der Waals surface area contributed by atoms with Gasteiger partial charge in [0.1, 0.15) is 5.82 Å². The topological polar surface area (TPSA) is 83.5 Å². The van der Waals surface area contributed by atoms with E-state index >= 15 is 0 Å². The molecule has 1 aromatic carbocycles. The minimum atomic E-state index is -6.23. The van der Waals surface area contributed by atoms with Gasteiger partial charge in [-0.05, 0) is 68.5 Å². The third-order valence-corrected chi connectivity index (χ3v) is 7.92. The van der Waals surface area contributed by atoms with Crippen molar-refractivity contribution in [2.45, 2.75) is 67.5 Å². The first kappa shape index (κ1) is 30.0. The monoisotopic (exact) mass is 567 g/mol. The summed E-state index contributed by atoms with van der Waals surface area (Å²) < 4.78 is 132. The molecule has 2 aromatic rings. The molecule has 0 radical (unpaired) electrons. The van der Waals surface area contributed by atoms with Gasteiger partial charge in [-0.15, -0.1) is 11.3 Å². The Kier molecular flexibility index (Phi) is 9.51. The second kappa shape index (κ2) is 11.4. The van der Waals surface area contributed by atoms with Crippen LogP contribution in [0.3, 0.4) is 0 Å². The number of hydrogen-bond acceptors (Lipinski definition) is 4. The number of rotatable bonds is 12. The van der Waals surface area contributed by atoms with Crippen molar-refractivity contribution in [1.82, 2.24) is 4.72 Å². The van der Waals surface area contributed by atoms with Gasteiger partial charge in [0.2, 0.25) is 10.0 Å². The molecule has 5 nitrogen and oxygen atoms in total. The average Bonchev–Trinajstić information content (AvgIpc) is 3.20. The summed E-state index contributed by atoms with van der Waals surface area (Å²) in [6, 6.07) is 5.12. The van der Waals surface area contributed by atoms with E-state index in [0.717, 1.165) is 35.6 Å². The number of alkyl halides is 7. The van der Waals surface area contributed by atoms with Crippen LogP contribution in [0, 0.1) is 5.82 Å². The number of nitrogens with one attached hydrogen (secondary N) is 1. The van der Waals surface area contributed by atoms with Crippen molar-refractivity contribution in [1.29, 1.82) is 0 Å². The molecule has 0 fully saturated rings. The quantitative estimate of drug-likeness (QED) is 0.294. The van der Waals surface area contributed by atoms with Crippen LogP contribution in [0.4, 0.5) is 35.1 Å². The molecule has 0 spiro atoms. The number of benzene rings is 1. The zero-order chi connectivity index (χ0) is 27.4. The largest absolute Gasteiger partial charge is 0.481 e. The molecule has 1 unspecified atom stereocenters. The maximum atomic E-state index is 14.0. The van der Waals surface area contributed by atoms with E-state index in [0.29, 0.717) is 4.88 Å². The highest BCUT2D eigenvalue weighted by atomic mass is 32.2. The Morgan fingerprint density at radius 2 is 1.53 bits per heavy atom. The Morgan fingerprint density at radius 1 is 0.944 bits per heavy atom. The first-order valence-corrected chi connectivity index (χ1v) is 12.7. The maximum Gasteiger partial charge on any atom is 0.431 e. The minimum Gasteiger partial charge on any atom is -0.481 e. The third-order valence-electron chi connectivity index (χ3n) is 5.17. The summed E-state index contributed by atoms with van der Waals surface area (Å²) in [6.07, 6.45) is -15.7. The van der Waals surface area contributed by atoms with Crippen LogP contribution < -0.4 is 4.72 Å². The molecule has 0 aliphatic carbocycles. The zero-order valence-corrected chi connectivity index (χ0v) is 19.9. The van der Waals surface area contributed by atoms with E-state index in [1.165, 1.54) is 12.1 Å². The highest BCUT2D eigenvalue weighted by Gasteiger charge is 2.71. The van der Waals surface area contributed by atoms with Crippen LogP contribution in [0.15, 0.2) is 41.3 Å². The van der Waals surface area contributed by atoms with Crippen LogP contribution in [0.1, 0.15) is 47.9 Å². The summed E-state index contributed by atoms with van der Waals surface area (Å²) in [5.74, 6) is -1.78. The first-order valence-electron chi connectivity index (χ1n) is 10.4. The number of thiophene rings is 1. The molecule has 36 heavy (non-hydrogen) atoms. The number of halogens is 8. The Morgan fingerprint density at radius 3 is 2.06 bits per heavy atom. The summed E-state index contributed by atoms with van der Waals surface area (Å²) in [6.45, 7) is 0. The molecule has 2 rings (SSSR count). The predicted octanol–water partition coefficient (Wildman–Crippen LogP) is 6.32. The summed E-state index contributed by atoms with van der Waals surface area (Å²) in [4.78, 5) is 11.1. The highest BCUT2D eigenvalue weighted by Crippen LogP contribution is 2.49. The maximum absolute atomic E-state index is 14.0. The van der Waals surface area contributed by atoms with Crippen molar-refractivity contribution in [3.63, 3.8) is 0 Å². The first-order chi connectivity index (χ1) is 16.5. The van der Waals surface area contributed by atoms with E-state index in [2.05, 4.69) is 4.72 Å². The number of aryl methyl sites for hydroxylation is 1. The van der Waals surface area contributed by atoms with Crippen LogP contribution in [0.25, 0.3) is 0 Å². The number of carboxylic acid groups (broad SMARTS) is 1.